The van der Waals surface area contributed by atoms with Gasteiger partial charge in [-0.3, -0.25) is 4.55 Å². The summed E-state index contributed by atoms with van der Waals surface area (Å²) in [6, 6.07) is 22.2. The van der Waals surface area contributed by atoms with Crippen molar-refractivity contribution in [2.24, 2.45) is 0 Å². The van der Waals surface area contributed by atoms with E-state index in [2.05, 4.69) is 197 Å². The van der Waals surface area contributed by atoms with Gasteiger partial charge in [0.05, 0.1) is 11.2 Å². The van der Waals surface area contributed by atoms with Gasteiger partial charge in [-0.25, -0.2) is 0 Å². The molecule has 0 saturated heterocycles. The van der Waals surface area contributed by atoms with Gasteiger partial charge < -0.3 is 4.90 Å². The van der Waals surface area contributed by atoms with Crippen LogP contribution in [0.5, 0.6) is 0 Å². The fourth-order valence-electron chi connectivity index (χ4n) is 8.20. The van der Waals surface area contributed by atoms with Crippen molar-refractivity contribution in [2.45, 2.75) is 102 Å². The highest BCUT2D eigenvalue weighted by Crippen LogP contribution is 2.49. The Bertz CT molecular complexity index is 2220. The fraction of sp³-hybridized carbons (Fsp3) is 0.400. The quantitative estimate of drug-likeness (QED) is 0.0754. The summed E-state index contributed by atoms with van der Waals surface area (Å²) >= 11 is 9.20. The second kappa shape index (κ2) is 18.2. The maximum atomic E-state index is 11.5. The summed E-state index contributed by atoms with van der Waals surface area (Å²) in [5.41, 5.74) is 10.2. The molecule has 0 atom stereocenters. The average molecular weight is 1110 g/mol. The van der Waals surface area contributed by atoms with Crippen LogP contribution >= 0.6 is 79.5 Å². The first-order valence-electron chi connectivity index (χ1n) is 19.3. The SMILES string of the molecule is CCCCC[N+]1=C(/C=C/C2=C(Sc3ccccc3I)C(=C/C=C3/N(CCCCS(=O)(=O)O)c4ccc(I)cc4C3(C)C)/CCC2)C(C)(C)c2cc(I)ccc21. The molecule has 0 radical (unpaired) electrons. The molecule has 0 bridgehead atoms. The van der Waals surface area contributed by atoms with Crippen LogP contribution in [0.15, 0.2) is 112 Å². The Kier molecular flexibility index (Phi) is 14.3. The van der Waals surface area contributed by atoms with Crippen molar-refractivity contribution in [1.82, 2.24) is 0 Å². The minimum Gasteiger partial charge on any atom is -0.344 e. The molecular formula is C45H52I3N2O3S2+. The highest BCUT2D eigenvalue weighted by Gasteiger charge is 2.44. The molecule has 1 aliphatic carbocycles. The van der Waals surface area contributed by atoms with E-state index in [0.29, 0.717) is 19.4 Å². The maximum Gasteiger partial charge on any atom is 0.264 e. The fourth-order valence-corrected chi connectivity index (χ4v) is 11.6. The van der Waals surface area contributed by atoms with Crippen LogP contribution in [0, 0.1) is 10.7 Å². The first kappa shape index (κ1) is 43.1. The molecule has 0 aromatic heterocycles. The Balaban J connectivity index is 1.43. The maximum absolute atomic E-state index is 11.5. The van der Waals surface area contributed by atoms with Gasteiger partial charge in [-0.15, -0.1) is 0 Å². The topological polar surface area (TPSA) is 60.6 Å². The number of anilines is 1. The molecule has 0 amide bonds. The van der Waals surface area contributed by atoms with Gasteiger partial charge in [-0.1, -0.05) is 63.2 Å². The molecule has 0 unspecified atom stereocenters. The van der Waals surface area contributed by atoms with E-state index in [1.807, 2.05) is 11.8 Å². The van der Waals surface area contributed by atoms with E-state index in [9.17, 15) is 13.0 Å². The number of allylic oxidation sites excluding steroid dienone is 7. The molecule has 6 rings (SSSR count). The van der Waals surface area contributed by atoms with Gasteiger partial charge in [0.25, 0.3) is 10.1 Å². The molecule has 55 heavy (non-hydrogen) atoms. The van der Waals surface area contributed by atoms with Crippen molar-refractivity contribution < 1.29 is 17.5 Å². The zero-order valence-corrected chi connectivity index (χ0v) is 40.6. The van der Waals surface area contributed by atoms with Crippen molar-refractivity contribution in [2.75, 3.05) is 23.7 Å². The van der Waals surface area contributed by atoms with Crippen LogP contribution in [-0.4, -0.2) is 42.1 Å². The van der Waals surface area contributed by atoms with Crippen LogP contribution in [0.25, 0.3) is 0 Å². The number of rotatable bonds is 14. The Labute approximate surface area is 374 Å². The summed E-state index contributed by atoms with van der Waals surface area (Å²) in [7, 11) is -3.99. The lowest BCUT2D eigenvalue weighted by Crippen LogP contribution is -2.28. The second-order valence-corrected chi connectivity index (χ2v) is 22.1. The van der Waals surface area contributed by atoms with Gasteiger partial charge in [0.15, 0.2) is 5.71 Å². The number of halogens is 3. The summed E-state index contributed by atoms with van der Waals surface area (Å²) in [5, 5.41) is 0. The number of unbranched alkanes of at least 4 members (excludes halogenated alkanes) is 3. The van der Waals surface area contributed by atoms with Crippen molar-refractivity contribution in [1.29, 1.82) is 0 Å². The molecule has 3 aromatic carbocycles. The Morgan fingerprint density at radius 1 is 0.855 bits per heavy atom. The monoisotopic (exact) mass is 1110 g/mol. The minimum atomic E-state index is -3.99. The lowest BCUT2D eigenvalue weighted by Gasteiger charge is -2.27. The van der Waals surface area contributed by atoms with Crippen LogP contribution in [0.4, 0.5) is 11.4 Å². The van der Waals surface area contributed by atoms with Gasteiger partial charge in [-0.2, -0.15) is 13.0 Å². The van der Waals surface area contributed by atoms with Gasteiger partial charge in [-0.05, 0) is 185 Å². The molecular weight excluding hydrogens is 1060 g/mol. The number of hydrogen-bond donors (Lipinski definition) is 1. The number of hydrogen-bond acceptors (Lipinski definition) is 4. The largest absolute Gasteiger partial charge is 0.344 e. The molecule has 10 heteroatoms. The Morgan fingerprint density at radius 2 is 1.58 bits per heavy atom. The van der Waals surface area contributed by atoms with E-state index in [-0.39, 0.29) is 16.6 Å². The smallest absolute Gasteiger partial charge is 0.264 e. The van der Waals surface area contributed by atoms with E-state index in [0.717, 1.165) is 25.8 Å². The molecule has 3 aromatic rings. The summed E-state index contributed by atoms with van der Waals surface area (Å²) in [5.74, 6) is -0.217. The van der Waals surface area contributed by atoms with E-state index in [1.54, 1.807) is 0 Å². The normalized spacial score (nSPS) is 19.3. The molecule has 5 nitrogen and oxygen atoms in total. The van der Waals surface area contributed by atoms with Crippen LogP contribution in [0.2, 0.25) is 0 Å². The summed E-state index contributed by atoms with van der Waals surface area (Å²) in [4.78, 5) is 4.98. The second-order valence-electron chi connectivity index (χ2n) is 15.8. The molecule has 292 valence electrons. The zero-order chi connectivity index (χ0) is 39.5. The minimum absolute atomic E-state index is 0.106. The molecule has 1 N–H and O–H groups in total. The Hall–Kier alpha value is -1.46. The van der Waals surface area contributed by atoms with E-state index in [1.165, 1.54) is 84.8 Å². The number of benzene rings is 3. The molecule has 3 aliphatic rings. The van der Waals surface area contributed by atoms with Crippen LogP contribution < -0.4 is 4.90 Å². The standard InChI is InChI=1S/C45H51I3N2O3S2/c1-6-7-10-26-49-38-22-20-33(46)29-35(38)44(2,3)41(49)24-18-31-14-13-15-32(43(31)54-40-17-9-8-16-37(40)48)19-25-42-45(4,5)36-30-34(47)21-23-39(36)50(42)27-11-12-28-55(51,52)53/h8-9,16-25,29-30H,6-7,10-15,26-28H2,1-5H3/p+1. The highest BCUT2D eigenvalue weighted by atomic mass is 127. The van der Waals surface area contributed by atoms with Gasteiger partial charge in [0.1, 0.15) is 6.54 Å². The first-order chi connectivity index (χ1) is 26.1. The van der Waals surface area contributed by atoms with Crippen molar-refractivity contribution >= 4 is 107 Å². The molecule has 0 fully saturated rings. The third kappa shape index (κ3) is 9.88. The highest BCUT2D eigenvalue weighted by molar-refractivity contribution is 14.1. The average Bonchev–Trinajstić information content (AvgIpc) is 3.46. The van der Waals surface area contributed by atoms with Gasteiger partial charge >= 0.3 is 0 Å². The lowest BCUT2D eigenvalue weighted by molar-refractivity contribution is -0.438. The third-order valence-electron chi connectivity index (χ3n) is 11.1. The van der Waals surface area contributed by atoms with E-state index in [4.69, 9.17) is 0 Å². The van der Waals surface area contributed by atoms with Crippen molar-refractivity contribution in [3.8, 4) is 0 Å². The van der Waals surface area contributed by atoms with Crippen LogP contribution in [0.3, 0.4) is 0 Å². The van der Waals surface area contributed by atoms with E-state index >= 15 is 0 Å². The van der Waals surface area contributed by atoms with Crippen molar-refractivity contribution in [3.05, 3.63) is 129 Å². The molecule has 0 spiro atoms. The predicted octanol–water partition coefficient (Wildman–Crippen LogP) is 13.1. The van der Waals surface area contributed by atoms with Crippen LogP contribution in [0.1, 0.15) is 97.1 Å². The van der Waals surface area contributed by atoms with Crippen LogP contribution in [-0.2, 0) is 20.9 Å². The number of fused-ring (bicyclic) bond motifs is 2. The predicted molar refractivity (Wildman–Crippen MR) is 258 cm³/mol. The van der Waals surface area contributed by atoms with Gasteiger partial charge in [0.2, 0.25) is 5.69 Å². The summed E-state index contributed by atoms with van der Waals surface area (Å²) in [6.45, 7) is 13.3. The van der Waals surface area contributed by atoms with Crippen molar-refractivity contribution in [3.63, 3.8) is 0 Å². The Morgan fingerprint density at radius 3 is 2.31 bits per heavy atom. The lowest BCUT2D eigenvalue weighted by atomic mass is 9.81. The number of nitrogens with zero attached hydrogens (tertiary/aromatic N) is 2. The third-order valence-corrected chi connectivity index (χ3v) is 15.9. The summed E-state index contributed by atoms with van der Waals surface area (Å²) < 4.78 is 38.7. The zero-order valence-electron chi connectivity index (χ0n) is 32.5. The number of thioether (sulfide) groups is 1. The van der Waals surface area contributed by atoms with Gasteiger partial charge in [0, 0.05) is 68.0 Å². The molecule has 2 aliphatic heterocycles. The summed E-state index contributed by atoms with van der Waals surface area (Å²) in [6.07, 6.45) is 17.3. The first-order valence-corrected chi connectivity index (χ1v) is 25.0. The molecule has 2 heterocycles. The molecule has 0 saturated carbocycles. The van der Waals surface area contributed by atoms with E-state index < -0.39 is 10.1 Å².